The Labute approximate surface area is 119 Å². The largest absolute Gasteiger partial charge is 0.306 e. The number of nitrogens with zero attached hydrogens (tertiary/aromatic N) is 1. The van der Waals surface area contributed by atoms with Crippen LogP contribution in [0.1, 0.15) is 38.3 Å². The molecule has 2 atom stereocenters. The summed E-state index contributed by atoms with van der Waals surface area (Å²) < 4.78 is 1.15. The van der Waals surface area contributed by atoms with Crippen LogP contribution in [0.3, 0.4) is 0 Å². The average Bonchev–Trinajstić information content (AvgIpc) is 2.81. The second-order valence-electron chi connectivity index (χ2n) is 5.35. The smallest absolute Gasteiger partial charge is 0.0295 e. The summed E-state index contributed by atoms with van der Waals surface area (Å²) in [6.07, 6.45) is 2.74. The Morgan fingerprint density at radius 2 is 2.00 bits per heavy atom. The molecule has 18 heavy (non-hydrogen) atoms. The topological polar surface area (TPSA) is 15.3 Å². The second-order valence-corrected chi connectivity index (χ2v) is 6.27. The van der Waals surface area contributed by atoms with Gasteiger partial charge in [0.25, 0.3) is 0 Å². The van der Waals surface area contributed by atoms with E-state index in [1.54, 1.807) is 0 Å². The van der Waals surface area contributed by atoms with Gasteiger partial charge in [-0.3, -0.25) is 0 Å². The molecule has 1 aromatic carbocycles. The summed E-state index contributed by atoms with van der Waals surface area (Å²) in [7, 11) is 0. The van der Waals surface area contributed by atoms with Crippen LogP contribution in [0.2, 0.25) is 0 Å². The number of hydrogen-bond donors (Lipinski definition) is 1. The summed E-state index contributed by atoms with van der Waals surface area (Å²) >= 11 is 3.53. The van der Waals surface area contributed by atoms with Crippen LogP contribution in [-0.2, 0) is 0 Å². The molecule has 0 amide bonds. The third-order valence-electron chi connectivity index (χ3n) is 3.61. The monoisotopic (exact) mass is 310 g/mol. The molecule has 1 saturated heterocycles. The molecule has 0 aromatic heterocycles. The van der Waals surface area contributed by atoms with Crippen molar-refractivity contribution in [3.63, 3.8) is 0 Å². The molecule has 2 rings (SSSR count). The molecule has 1 fully saturated rings. The molecule has 0 aliphatic carbocycles. The predicted molar refractivity (Wildman–Crippen MR) is 80.8 cm³/mol. The molecule has 0 bridgehead atoms. The fourth-order valence-corrected chi connectivity index (χ4v) is 3.12. The summed E-state index contributed by atoms with van der Waals surface area (Å²) in [5, 5.41) is 3.69. The van der Waals surface area contributed by atoms with Crippen molar-refractivity contribution < 1.29 is 0 Å². The van der Waals surface area contributed by atoms with E-state index in [0.29, 0.717) is 12.1 Å². The first-order chi connectivity index (χ1) is 8.65. The summed E-state index contributed by atoms with van der Waals surface area (Å²) in [6, 6.07) is 9.50. The molecule has 100 valence electrons. The first-order valence-electron chi connectivity index (χ1n) is 6.89. The maximum absolute atomic E-state index is 3.69. The molecule has 1 heterocycles. The number of halogens is 1. The van der Waals surface area contributed by atoms with E-state index in [9.17, 15) is 0 Å². The highest BCUT2D eigenvalue weighted by molar-refractivity contribution is 9.10. The molecule has 1 N–H and O–H groups in total. The third-order valence-corrected chi connectivity index (χ3v) is 4.11. The minimum Gasteiger partial charge on any atom is -0.306 e. The molecular formula is C15H23BrN2. The van der Waals surface area contributed by atoms with Crippen molar-refractivity contribution in [3.05, 3.63) is 34.3 Å². The molecule has 0 saturated carbocycles. The summed E-state index contributed by atoms with van der Waals surface area (Å²) in [4.78, 5) is 2.56. The molecule has 0 radical (unpaired) electrons. The van der Waals surface area contributed by atoms with Crippen LogP contribution in [0.15, 0.2) is 28.7 Å². The van der Waals surface area contributed by atoms with Crippen LogP contribution in [-0.4, -0.2) is 30.6 Å². The van der Waals surface area contributed by atoms with Gasteiger partial charge in [0.2, 0.25) is 0 Å². The van der Waals surface area contributed by atoms with E-state index in [2.05, 4.69) is 64.3 Å². The van der Waals surface area contributed by atoms with Gasteiger partial charge in [0, 0.05) is 23.1 Å². The van der Waals surface area contributed by atoms with E-state index in [1.807, 2.05) is 0 Å². The van der Waals surface area contributed by atoms with Crippen molar-refractivity contribution >= 4 is 15.9 Å². The maximum atomic E-state index is 3.69. The lowest BCUT2D eigenvalue weighted by molar-refractivity contribution is 0.289. The first-order valence-corrected chi connectivity index (χ1v) is 7.68. The van der Waals surface area contributed by atoms with Crippen LogP contribution in [0.4, 0.5) is 0 Å². The molecular weight excluding hydrogens is 288 g/mol. The molecule has 2 unspecified atom stereocenters. The zero-order chi connectivity index (χ0) is 13.0. The lowest BCUT2D eigenvalue weighted by atomic mass is 10.1. The van der Waals surface area contributed by atoms with Crippen molar-refractivity contribution in [1.82, 2.24) is 10.2 Å². The van der Waals surface area contributed by atoms with Gasteiger partial charge in [-0.05, 0) is 57.5 Å². The van der Waals surface area contributed by atoms with Crippen LogP contribution < -0.4 is 5.32 Å². The molecule has 2 nitrogen and oxygen atoms in total. The first kappa shape index (κ1) is 14.0. The molecule has 1 aliphatic rings. The van der Waals surface area contributed by atoms with Crippen LogP contribution in [0, 0.1) is 0 Å². The Morgan fingerprint density at radius 1 is 1.28 bits per heavy atom. The normalized spacial score (nSPS) is 19.9. The number of rotatable bonds is 5. The minimum atomic E-state index is 0.403. The van der Waals surface area contributed by atoms with Crippen LogP contribution in [0.25, 0.3) is 0 Å². The van der Waals surface area contributed by atoms with E-state index >= 15 is 0 Å². The van der Waals surface area contributed by atoms with Crippen molar-refractivity contribution in [2.24, 2.45) is 0 Å². The standard InChI is InChI=1S/C15H23BrN2/c1-12(11-18-8-3-4-9-18)17-13(2)14-6-5-7-15(16)10-14/h5-7,10,12-13,17H,3-4,8-9,11H2,1-2H3. The van der Waals surface area contributed by atoms with Crippen molar-refractivity contribution in [3.8, 4) is 0 Å². The highest BCUT2D eigenvalue weighted by atomic mass is 79.9. The van der Waals surface area contributed by atoms with Gasteiger partial charge in [0.05, 0.1) is 0 Å². The number of likely N-dealkylation sites (tertiary alicyclic amines) is 1. The predicted octanol–water partition coefficient (Wildman–Crippen LogP) is 3.58. The lowest BCUT2D eigenvalue weighted by Gasteiger charge is -2.25. The van der Waals surface area contributed by atoms with Crippen molar-refractivity contribution in [1.29, 1.82) is 0 Å². The van der Waals surface area contributed by atoms with Crippen molar-refractivity contribution in [2.45, 2.75) is 38.8 Å². The molecule has 3 heteroatoms. The number of nitrogens with one attached hydrogen (secondary N) is 1. The highest BCUT2D eigenvalue weighted by Crippen LogP contribution is 2.18. The molecule has 1 aromatic rings. The Hall–Kier alpha value is -0.380. The fourth-order valence-electron chi connectivity index (χ4n) is 2.70. The van der Waals surface area contributed by atoms with Gasteiger partial charge in [0.1, 0.15) is 0 Å². The Balaban J connectivity index is 1.84. The maximum Gasteiger partial charge on any atom is 0.0295 e. The molecule has 1 aliphatic heterocycles. The van der Waals surface area contributed by atoms with E-state index in [1.165, 1.54) is 38.0 Å². The Kier molecular flexibility index (Phi) is 5.22. The molecule has 0 spiro atoms. The zero-order valence-electron chi connectivity index (χ0n) is 11.3. The number of benzene rings is 1. The van der Waals surface area contributed by atoms with E-state index in [4.69, 9.17) is 0 Å². The fraction of sp³-hybridized carbons (Fsp3) is 0.600. The lowest BCUT2D eigenvalue weighted by Crippen LogP contribution is -2.39. The van der Waals surface area contributed by atoms with E-state index in [0.717, 1.165) is 4.47 Å². The van der Waals surface area contributed by atoms with E-state index < -0.39 is 0 Å². The van der Waals surface area contributed by atoms with Gasteiger partial charge in [-0.1, -0.05) is 28.1 Å². The number of hydrogen-bond acceptors (Lipinski definition) is 2. The quantitative estimate of drug-likeness (QED) is 0.894. The van der Waals surface area contributed by atoms with Gasteiger partial charge >= 0.3 is 0 Å². The average molecular weight is 311 g/mol. The zero-order valence-corrected chi connectivity index (χ0v) is 12.9. The van der Waals surface area contributed by atoms with Crippen molar-refractivity contribution in [2.75, 3.05) is 19.6 Å². The SMILES string of the molecule is CC(CN1CCCC1)NC(C)c1cccc(Br)c1. The van der Waals surface area contributed by atoms with E-state index in [-0.39, 0.29) is 0 Å². The van der Waals surface area contributed by atoms with Gasteiger partial charge < -0.3 is 10.2 Å². The summed E-state index contributed by atoms with van der Waals surface area (Å²) in [6.45, 7) is 8.24. The minimum absolute atomic E-state index is 0.403. The summed E-state index contributed by atoms with van der Waals surface area (Å²) in [5.41, 5.74) is 1.35. The van der Waals surface area contributed by atoms with Crippen LogP contribution in [0.5, 0.6) is 0 Å². The van der Waals surface area contributed by atoms with Gasteiger partial charge in [-0.15, -0.1) is 0 Å². The summed E-state index contributed by atoms with van der Waals surface area (Å²) in [5.74, 6) is 0. The van der Waals surface area contributed by atoms with Crippen LogP contribution >= 0.6 is 15.9 Å². The Morgan fingerprint density at radius 3 is 2.67 bits per heavy atom. The highest BCUT2D eigenvalue weighted by Gasteiger charge is 2.16. The van der Waals surface area contributed by atoms with Gasteiger partial charge in [0.15, 0.2) is 0 Å². The van der Waals surface area contributed by atoms with Gasteiger partial charge in [-0.25, -0.2) is 0 Å². The second kappa shape index (κ2) is 6.69. The van der Waals surface area contributed by atoms with Gasteiger partial charge in [-0.2, -0.15) is 0 Å². The third kappa shape index (κ3) is 4.08. The Bertz CT molecular complexity index is 375.